The minimum atomic E-state index is -3.33. The van der Waals surface area contributed by atoms with Gasteiger partial charge in [-0.25, -0.2) is 17.5 Å². The van der Waals surface area contributed by atoms with E-state index < -0.39 is 10.0 Å². The van der Waals surface area contributed by atoms with Crippen molar-refractivity contribution >= 4 is 15.7 Å². The molecule has 0 bridgehead atoms. The van der Waals surface area contributed by atoms with Gasteiger partial charge in [0, 0.05) is 11.3 Å². The third kappa shape index (κ3) is 5.21. The second-order valence-electron chi connectivity index (χ2n) is 8.67. The number of hydrogen-bond acceptors (Lipinski definition) is 3. The van der Waals surface area contributed by atoms with E-state index in [1.807, 2.05) is 41.9 Å². The lowest BCUT2D eigenvalue weighted by Crippen LogP contribution is -2.09. The molecule has 0 fully saturated rings. The van der Waals surface area contributed by atoms with Crippen LogP contribution in [0.15, 0.2) is 103 Å². The molecular formula is C29H24FN3O2S. The summed E-state index contributed by atoms with van der Waals surface area (Å²) in [5.74, 6) is -0.243. The Morgan fingerprint density at radius 2 is 1.14 bits per heavy atom. The Morgan fingerprint density at radius 3 is 1.61 bits per heavy atom. The van der Waals surface area contributed by atoms with Crippen LogP contribution in [0.1, 0.15) is 5.69 Å². The van der Waals surface area contributed by atoms with Gasteiger partial charge in [0.15, 0.2) is 0 Å². The van der Waals surface area contributed by atoms with Gasteiger partial charge in [-0.2, -0.15) is 5.10 Å². The van der Waals surface area contributed by atoms with Gasteiger partial charge in [0.1, 0.15) is 5.82 Å². The lowest BCUT2D eigenvalue weighted by Gasteiger charge is -2.10. The molecule has 180 valence electrons. The molecule has 0 aliphatic rings. The van der Waals surface area contributed by atoms with E-state index in [0.717, 1.165) is 51.1 Å². The van der Waals surface area contributed by atoms with Crippen molar-refractivity contribution in [3.63, 3.8) is 0 Å². The summed E-state index contributed by atoms with van der Waals surface area (Å²) in [7, 11) is -3.33. The lowest BCUT2D eigenvalue weighted by molar-refractivity contribution is 0.607. The summed E-state index contributed by atoms with van der Waals surface area (Å²) in [5, 5.41) is 4.64. The highest BCUT2D eigenvalue weighted by Crippen LogP contribution is 2.29. The molecule has 0 spiro atoms. The van der Waals surface area contributed by atoms with E-state index >= 15 is 0 Å². The van der Waals surface area contributed by atoms with Crippen LogP contribution < -0.4 is 4.72 Å². The van der Waals surface area contributed by atoms with Gasteiger partial charge in [0.25, 0.3) is 0 Å². The first kappa shape index (κ1) is 23.5. The smallest absolute Gasteiger partial charge is 0.229 e. The summed E-state index contributed by atoms with van der Waals surface area (Å²) in [6.45, 7) is 1.94. The summed E-state index contributed by atoms with van der Waals surface area (Å²) in [5.41, 5.74) is 8.35. The number of sulfonamides is 1. The van der Waals surface area contributed by atoms with Crippen LogP contribution in [0.4, 0.5) is 10.1 Å². The van der Waals surface area contributed by atoms with Gasteiger partial charge in [-0.1, -0.05) is 60.7 Å². The van der Waals surface area contributed by atoms with Crippen LogP contribution in [0, 0.1) is 12.7 Å². The average Bonchev–Trinajstić information content (AvgIpc) is 3.26. The summed E-state index contributed by atoms with van der Waals surface area (Å²) in [4.78, 5) is 0. The first-order valence-corrected chi connectivity index (χ1v) is 13.3. The molecule has 4 aromatic carbocycles. The fourth-order valence-corrected chi connectivity index (χ4v) is 4.68. The van der Waals surface area contributed by atoms with E-state index in [9.17, 15) is 12.8 Å². The molecule has 0 atom stereocenters. The Balaban J connectivity index is 1.39. The van der Waals surface area contributed by atoms with Crippen LogP contribution in [-0.4, -0.2) is 24.5 Å². The molecule has 0 amide bonds. The molecule has 5 aromatic rings. The summed E-state index contributed by atoms with van der Waals surface area (Å²) in [6, 6.07) is 32.1. The van der Waals surface area contributed by atoms with Crippen LogP contribution in [-0.2, 0) is 10.0 Å². The van der Waals surface area contributed by atoms with Crippen molar-refractivity contribution in [3.8, 4) is 39.2 Å². The topological polar surface area (TPSA) is 64.0 Å². The first-order chi connectivity index (χ1) is 17.2. The zero-order valence-corrected chi connectivity index (χ0v) is 20.6. The van der Waals surface area contributed by atoms with Gasteiger partial charge in [0.2, 0.25) is 10.0 Å². The normalized spacial score (nSPS) is 11.4. The molecule has 5 nitrogen and oxygen atoms in total. The summed E-state index contributed by atoms with van der Waals surface area (Å²) in [6.07, 6.45) is 1.12. The van der Waals surface area contributed by atoms with E-state index in [1.165, 1.54) is 12.1 Å². The molecule has 0 aliphatic heterocycles. The molecule has 0 saturated carbocycles. The van der Waals surface area contributed by atoms with Crippen LogP contribution in [0.2, 0.25) is 0 Å². The van der Waals surface area contributed by atoms with E-state index in [0.29, 0.717) is 5.69 Å². The number of nitrogens with one attached hydrogen (secondary N) is 1. The maximum atomic E-state index is 13.2. The monoisotopic (exact) mass is 497 g/mol. The summed E-state index contributed by atoms with van der Waals surface area (Å²) < 4.78 is 40.5. The van der Waals surface area contributed by atoms with Crippen LogP contribution in [0.3, 0.4) is 0 Å². The Morgan fingerprint density at radius 1 is 0.694 bits per heavy atom. The summed E-state index contributed by atoms with van der Waals surface area (Å²) >= 11 is 0. The van der Waals surface area contributed by atoms with Crippen molar-refractivity contribution < 1.29 is 12.8 Å². The number of rotatable bonds is 6. The van der Waals surface area contributed by atoms with Crippen molar-refractivity contribution in [1.82, 2.24) is 9.78 Å². The van der Waals surface area contributed by atoms with E-state index in [4.69, 9.17) is 0 Å². The zero-order chi connectivity index (χ0) is 25.3. The predicted molar refractivity (Wildman–Crippen MR) is 143 cm³/mol. The largest absolute Gasteiger partial charge is 0.284 e. The van der Waals surface area contributed by atoms with Crippen molar-refractivity contribution in [3.05, 3.63) is 115 Å². The highest BCUT2D eigenvalue weighted by Gasteiger charge is 2.11. The molecule has 1 heterocycles. The van der Waals surface area contributed by atoms with Gasteiger partial charge >= 0.3 is 0 Å². The number of aromatic nitrogens is 2. The predicted octanol–water partition coefficient (Wildman–Crippen LogP) is 6.69. The Hall–Kier alpha value is -4.23. The van der Waals surface area contributed by atoms with Gasteiger partial charge in [-0.15, -0.1) is 0 Å². The van der Waals surface area contributed by atoms with Gasteiger partial charge in [-0.05, 0) is 71.6 Å². The molecule has 7 heteroatoms. The Bertz CT molecular complexity index is 1610. The highest BCUT2D eigenvalue weighted by molar-refractivity contribution is 7.92. The Kier molecular flexibility index (Phi) is 6.16. The molecule has 0 unspecified atom stereocenters. The highest BCUT2D eigenvalue weighted by atomic mass is 32.2. The van der Waals surface area contributed by atoms with E-state index in [2.05, 4.69) is 46.2 Å². The van der Waals surface area contributed by atoms with Crippen LogP contribution >= 0.6 is 0 Å². The lowest BCUT2D eigenvalue weighted by atomic mass is 9.99. The van der Waals surface area contributed by atoms with Gasteiger partial charge in [0.05, 0.1) is 23.3 Å². The standard InChI is InChI=1S/C29H24FN3O2S/c1-20-19-29(33(31-20)28-17-15-27(16-18-28)32-36(2,34)35)25-9-7-23(8-10-25)21-3-5-22(6-4-21)24-11-13-26(30)14-12-24/h3-19,32H,1-2H3. The fraction of sp³-hybridized carbons (Fsp3) is 0.0690. The van der Waals surface area contributed by atoms with Crippen molar-refractivity contribution in [2.24, 2.45) is 0 Å². The minimum absolute atomic E-state index is 0.243. The SMILES string of the molecule is Cc1cc(-c2ccc(-c3ccc(-c4ccc(F)cc4)cc3)cc2)n(-c2ccc(NS(C)(=O)=O)cc2)n1. The average molecular weight is 498 g/mol. The molecule has 0 radical (unpaired) electrons. The molecular weight excluding hydrogens is 473 g/mol. The first-order valence-electron chi connectivity index (χ1n) is 11.4. The van der Waals surface area contributed by atoms with Gasteiger partial charge in [-0.3, -0.25) is 4.72 Å². The zero-order valence-electron chi connectivity index (χ0n) is 19.8. The molecule has 0 aliphatic carbocycles. The maximum Gasteiger partial charge on any atom is 0.229 e. The van der Waals surface area contributed by atoms with Crippen LogP contribution in [0.25, 0.3) is 39.2 Å². The molecule has 0 saturated heterocycles. The number of halogens is 1. The third-order valence-electron chi connectivity index (χ3n) is 5.82. The fourth-order valence-electron chi connectivity index (χ4n) is 4.12. The van der Waals surface area contributed by atoms with Gasteiger partial charge < -0.3 is 0 Å². The molecule has 1 N–H and O–H groups in total. The second-order valence-corrected chi connectivity index (χ2v) is 10.4. The quantitative estimate of drug-likeness (QED) is 0.284. The number of aryl methyl sites for hydroxylation is 1. The number of anilines is 1. The van der Waals surface area contributed by atoms with Crippen molar-refractivity contribution in [1.29, 1.82) is 0 Å². The second kappa shape index (κ2) is 9.43. The maximum absolute atomic E-state index is 13.2. The van der Waals surface area contributed by atoms with Crippen molar-refractivity contribution in [2.45, 2.75) is 6.92 Å². The van der Waals surface area contributed by atoms with Crippen LogP contribution in [0.5, 0.6) is 0 Å². The molecule has 5 rings (SSSR count). The minimum Gasteiger partial charge on any atom is -0.284 e. The Labute approximate surface area is 209 Å². The number of hydrogen-bond donors (Lipinski definition) is 1. The number of nitrogens with zero attached hydrogens (tertiary/aromatic N) is 2. The van der Waals surface area contributed by atoms with E-state index in [-0.39, 0.29) is 5.82 Å². The van der Waals surface area contributed by atoms with E-state index in [1.54, 1.807) is 24.3 Å². The third-order valence-corrected chi connectivity index (χ3v) is 6.43. The molecule has 1 aromatic heterocycles. The number of benzene rings is 4. The van der Waals surface area contributed by atoms with Crippen molar-refractivity contribution in [2.75, 3.05) is 11.0 Å². The molecule has 36 heavy (non-hydrogen) atoms.